The number of carbonyl (C=O) groups excluding carboxylic acids is 1. The molecule has 0 aliphatic carbocycles. The summed E-state index contributed by atoms with van der Waals surface area (Å²) in [6.07, 6.45) is -12.4. The second-order valence-electron chi connectivity index (χ2n) is 6.48. The third-order valence-corrected chi connectivity index (χ3v) is 4.60. The van der Waals surface area contributed by atoms with Crippen molar-refractivity contribution in [2.24, 2.45) is 0 Å². The Morgan fingerprint density at radius 3 is 2.00 bits per heavy atom. The lowest BCUT2D eigenvalue weighted by Gasteiger charge is -2.46. The summed E-state index contributed by atoms with van der Waals surface area (Å²) in [6, 6.07) is -1.25. The van der Waals surface area contributed by atoms with Gasteiger partial charge in [0.25, 0.3) is 0 Å². The van der Waals surface area contributed by atoms with E-state index in [4.69, 9.17) is 18.9 Å². The molecule has 7 N–H and O–H groups in total. The van der Waals surface area contributed by atoms with E-state index in [1.807, 2.05) is 0 Å². The number of carbonyl (C=O) groups is 1. The highest BCUT2D eigenvalue weighted by Gasteiger charge is 2.51. The van der Waals surface area contributed by atoms with E-state index in [1.165, 1.54) is 14.0 Å². The summed E-state index contributed by atoms with van der Waals surface area (Å²) in [6.45, 7) is -0.0617. The van der Waals surface area contributed by atoms with Gasteiger partial charge in [-0.25, -0.2) is 0 Å². The maximum Gasteiger partial charge on any atom is 0.217 e. The fourth-order valence-corrected chi connectivity index (χ4v) is 3.15. The Morgan fingerprint density at radius 2 is 1.48 bits per heavy atom. The van der Waals surface area contributed by atoms with Crippen LogP contribution in [-0.2, 0) is 23.7 Å². The molecule has 2 heterocycles. The van der Waals surface area contributed by atoms with Gasteiger partial charge in [0.05, 0.1) is 13.2 Å². The van der Waals surface area contributed by atoms with Gasteiger partial charge in [0.15, 0.2) is 12.6 Å². The first-order valence-corrected chi connectivity index (χ1v) is 8.45. The Bertz CT molecular complexity index is 478. The van der Waals surface area contributed by atoms with E-state index in [1.54, 1.807) is 0 Å². The highest BCUT2D eigenvalue weighted by Crippen LogP contribution is 2.29. The standard InChI is InChI=1S/C15H27NO11/c1-5(19)16-8-11(22)9(20)6(3-17)25-14(8)27-13-10(21)7(4-18)26-15(24-2)12(13)23/h6-15,17-18,20-23H,3-4H2,1-2H3,(H,16,19)/t6-,7-,8-,9+,10+,11-,12-,13+,14+,15?/m1/s1. The minimum atomic E-state index is -1.55. The van der Waals surface area contributed by atoms with Gasteiger partial charge >= 0.3 is 0 Å². The van der Waals surface area contributed by atoms with Gasteiger partial charge < -0.3 is 54.9 Å². The summed E-state index contributed by atoms with van der Waals surface area (Å²) in [5, 5.41) is 61.9. The van der Waals surface area contributed by atoms with Crippen LogP contribution >= 0.6 is 0 Å². The van der Waals surface area contributed by atoms with E-state index in [0.717, 1.165) is 0 Å². The molecule has 12 nitrogen and oxygen atoms in total. The zero-order chi connectivity index (χ0) is 20.3. The molecule has 0 aromatic rings. The van der Waals surface area contributed by atoms with Crippen LogP contribution in [0.4, 0.5) is 0 Å². The van der Waals surface area contributed by atoms with Gasteiger partial charge in [0, 0.05) is 14.0 Å². The quantitative estimate of drug-likeness (QED) is 0.228. The molecule has 2 aliphatic rings. The van der Waals surface area contributed by atoms with Gasteiger partial charge in [0.1, 0.15) is 48.8 Å². The minimum Gasteiger partial charge on any atom is -0.394 e. The summed E-state index contributed by atoms with van der Waals surface area (Å²) in [5.74, 6) is -0.554. The van der Waals surface area contributed by atoms with E-state index in [-0.39, 0.29) is 0 Å². The lowest BCUT2D eigenvalue weighted by atomic mass is 9.95. The van der Waals surface area contributed by atoms with Gasteiger partial charge in [-0.3, -0.25) is 4.79 Å². The molecule has 0 bridgehead atoms. The molecule has 1 amide bonds. The zero-order valence-corrected chi connectivity index (χ0v) is 14.9. The van der Waals surface area contributed by atoms with Crippen molar-refractivity contribution in [3.05, 3.63) is 0 Å². The topological polar surface area (TPSA) is 187 Å². The predicted molar refractivity (Wildman–Crippen MR) is 85.0 cm³/mol. The maximum atomic E-state index is 11.4. The van der Waals surface area contributed by atoms with Crippen molar-refractivity contribution >= 4 is 5.91 Å². The molecule has 2 rings (SSSR count). The second-order valence-corrected chi connectivity index (χ2v) is 6.48. The van der Waals surface area contributed by atoms with Gasteiger partial charge in [-0.2, -0.15) is 0 Å². The summed E-state index contributed by atoms with van der Waals surface area (Å²) in [5.41, 5.74) is 0. The third-order valence-electron chi connectivity index (χ3n) is 4.60. The number of nitrogens with one attached hydrogen (secondary N) is 1. The predicted octanol–water partition coefficient (Wildman–Crippen LogP) is -4.60. The summed E-state index contributed by atoms with van der Waals surface area (Å²) in [7, 11) is 1.25. The minimum absolute atomic E-state index is 0.554. The number of aliphatic hydroxyl groups is 6. The van der Waals surface area contributed by atoms with Crippen LogP contribution < -0.4 is 5.32 Å². The molecule has 2 saturated heterocycles. The lowest BCUT2D eigenvalue weighted by molar-refractivity contribution is -0.344. The molecule has 2 aliphatic heterocycles. The van der Waals surface area contributed by atoms with Crippen LogP contribution in [0.3, 0.4) is 0 Å². The number of hydrogen-bond donors (Lipinski definition) is 7. The molecule has 0 spiro atoms. The maximum absolute atomic E-state index is 11.4. The number of methoxy groups -OCH3 is 1. The third kappa shape index (κ3) is 4.74. The van der Waals surface area contributed by atoms with E-state index in [0.29, 0.717) is 0 Å². The van der Waals surface area contributed by atoms with Crippen molar-refractivity contribution in [2.45, 2.75) is 68.3 Å². The first kappa shape index (κ1) is 22.4. The van der Waals surface area contributed by atoms with Crippen molar-refractivity contribution in [3.63, 3.8) is 0 Å². The smallest absolute Gasteiger partial charge is 0.217 e. The van der Waals surface area contributed by atoms with Crippen molar-refractivity contribution in [1.29, 1.82) is 0 Å². The van der Waals surface area contributed by atoms with Crippen LogP contribution in [0.15, 0.2) is 0 Å². The molecule has 27 heavy (non-hydrogen) atoms. The van der Waals surface area contributed by atoms with Crippen LogP contribution in [-0.4, -0.2) is 118 Å². The first-order chi connectivity index (χ1) is 12.7. The Morgan fingerprint density at radius 1 is 0.926 bits per heavy atom. The summed E-state index contributed by atoms with van der Waals surface area (Å²) >= 11 is 0. The van der Waals surface area contributed by atoms with Gasteiger partial charge in [-0.05, 0) is 0 Å². The van der Waals surface area contributed by atoms with Crippen molar-refractivity contribution in [2.75, 3.05) is 20.3 Å². The van der Waals surface area contributed by atoms with Crippen molar-refractivity contribution in [1.82, 2.24) is 5.32 Å². The van der Waals surface area contributed by atoms with E-state index in [9.17, 15) is 35.4 Å². The summed E-state index contributed by atoms with van der Waals surface area (Å²) < 4.78 is 21.2. The molecular weight excluding hydrogens is 370 g/mol. The molecule has 1 unspecified atom stereocenters. The number of ether oxygens (including phenoxy) is 4. The molecule has 158 valence electrons. The first-order valence-electron chi connectivity index (χ1n) is 8.45. The monoisotopic (exact) mass is 397 g/mol. The second kappa shape index (κ2) is 9.52. The Kier molecular flexibility index (Phi) is 7.88. The fraction of sp³-hybridized carbons (Fsp3) is 0.933. The highest BCUT2D eigenvalue weighted by atomic mass is 16.7. The Labute approximate surface area is 155 Å². The Hall–Kier alpha value is -0.930. The highest BCUT2D eigenvalue weighted by molar-refractivity contribution is 5.73. The van der Waals surface area contributed by atoms with Crippen LogP contribution in [0.5, 0.6) is 0 Å². The number of rotatable bonds is 6. The molecule has 12 heteroatoms. The van der Waals surface area contributed by atoms with Crippen LogP contribution in [0.2, 0.25) is 0 Å². The molecule has 0 saturated carbocycles. The molecular formula is C15H27NO11. The summed E-state index contributed by atoms with van der Waals surface area (Å²) in [4.78, 5) is 11.4. The SMILES string of the molecule is COC1O[C@H](CO)[C@H](O)[C@H](O[C@@H]2O[C@H](CO)[C@H](O)[C@H](O)[C@H]2NC(C)=O)[C@H]1O. The van der Waals surface area contributed by atoms with Crippen LogP contribution in [0.1, 0.15) is 6.92 Å². The molecule has 0 aromatic heterocycles. The number of amides is 1. The zero-order valence-electron chi connectivity index (χ0n) is 14.9. The van der Waals surface area contributed by atoms with Crippen LogP contribution in [0, 0.1) is 0 Å². The normalized spacial score (nSPS) is 45.5. The van der Waals surface area contributed by atoms with Gasteiger partial charge in [0.2, 0.25) is 5.91 Å². The van der Waals surface area contributed by atoms with Crippen molar-refractivity contribution < 1.29 is 54.4 Å². The fourth-order valence-electron chi connectivity index (χ4n) is 3.15. The van der Waals surface area contributed by atoms with E-state index in [2.05, 4.69) is 5.32 Å². The largest absolute Gasteiger partial charge is 0.394 e. The lowest BCUT2D eigenvalue weighted by Crippen LogP contribution is -2.67. The molecule has 0 radical (unpaired) electrons. The van der Waals surface area contributed by atoms with Gasteiger partial charge in [-0.1, -0.05) is 0 Å². The average molecular weight is 397 g/mol. The van der Waals surface area contributed by atoms with Gasteiger partial charge in [-0.15, -0.1) is 0 Å². The van der Waals surface area contributed by atoms with Crippen molar-refractivity contribution in [3.8, 4) is 0 Å². The van der Waals surface area contributed by atoms with Crippen LogP contribution in [0.25, 0.3) is 0 Å². The molecule has 10 atom stereocenters. The van der Waals surface area contributed by atoms with E-state index < -0.39 is 80.5 Å². The molecule has 2 fully saturated rings. The van der Waals surface area contributed by atoms with E-state index >= 15 is 0 Å². The Balaban J connectivity index is 2.24. The molecule has 0 aromatic carbocycles. The number of hydrogen-bond acceptors (Lipinski definition) is 11. The number of aliphatic hydroxyl groups excluding tert-OH is 6. The average Bonchev–Trinajstić information content (AvgIpc) is 2.64.